The van der Waals surface area contributed by atoms with Crippen LogP contribution in [0.3, 0.4) is 0 Å². The highest BCUT2D eigenvalue weighted by Gasteiger charge is 2.26. The SMILES string of the molecule is c1coc(C2CCCCCN2Cc2nc(-c3cccs3)no2)c1. The van der Waals surface area contributed by atoms with Crippen LogP contribution in [0.2, 0.25) is 0 Å². The average molecular weight is 329 g/mol. The van der Waals surface area contributed by atoms with E-state index >= 15 is 0 Å². The first-order chi connectivity index (χ1) is 11.4. The number of rotatable bonds is 4. The average Bonchev–Trinajstić information content (AvgIpc) is 3.29. The summed E-state index contributed by atoms with van der Waals surface area (Å²) in [6.07, 6.45) is 6.55. The van der Waals surface area contributed by atoms with E-state index in [-0.39, 0.29) is 0 Å². The molecule has 1 atom stereocenters. The molecule has 1 unspecified atom stereocenters. The van der Waals surface area contributed by atoms with Gasteiger partial charge in [-0.2, -0.15) is 4.98 Å². The van der Waals surface area contributed by atoms with E-state index in [2.05, 4.69) is 21.1 Å². The van der Waals surface area contributed by atoms with Gasteiger partial charge in [0.05, 0.1) is 23.7 Å². The topological polar surface area (TPSA) is 55.3 Å². The number of hydrogen-bond acceptors (Lipinski definition) is 6. The Balaban J connectivity index is 1.53. The number of hydrogen-bond donors (Lipinski definition) is 0. The molecule has 0 spiro atoms. The molecule has 23 heavy (non-hydrogen) atoms. The van der Waals surface area contributed by atoms with Crippen LogP contribution in [0.25, 0.3) is 10.7 Å². The van der Waals surface area contributed by atoms with Gasteiger partial charge in [0.15, 0.2) is 0 Å². The van der Waals surface area contributed by atoms with Crippen LogP contribution in [-0.2, 0) is 6.54 Å². The number of nitrogens with zero attached hydrogens (tertiary/aromatic N) is 3. The van der Waals surface area contributed by atoms with Gasteiger partial charge in [-0.3, -0.25) is 4.90 Å². The second-order valence-electron chi connectivity index (χ2n) is 5.84. The molecule has 120 valence electrons. The van der Waals surface area contributed by atoms with Crippen LogP contribution in [-0.4, -0.2) is 21.6 Å². The molecule has 0 N–H and O–H groups in total. The summed E-state index contributed by atoms with van der Waals surface area (Å²) in [7, 11) is 0. The molecule has 6 heteroatoms. The minimum Gasteiger partial charge on any atom is -0.468 e. The molecule has 3 aromatic rings. The summed E-state index contributed by atoms with van der Waals surface area (Å²) in [6.45, 7) is 1.70. The molecular formula is C17H19N3O2S. The number of furan rings is 1. The second kappa shape index (κ2) is 6.68. The predicted molar refractivity (Wildman–Crippen MR) is 87.9 cm³/mol. The molecule has 0 saturated carbocycles. The van der Waals surface area contributed by atoms with Crippen LogP contribution in [0.5, 0.6) is 0 Å². The van der Waals surface area contributed by atoms with Gasteiger partial charge < -0.3 is 8.94 Å². The lowest BCUT2D eigenvalue weighted by molar-refractivity contribution is 0.150. The lowest BCUT2D eigenvalue weighted by Gasteiger charge is -2.26. The smallest absolute Gasteiger partial charge is 0.241 e. The Morgan fingerprint density at radius 1 is 1.22 bits per heavy atom. The summed E-state index contributed by atoms with van der Waals surface area (Å²) in [5.41, 5.74) is 0. The van der Waals surface area contributed by atoms with Gasteiger partial charge in [-0.1, -0.05) is 24.1 Å². The standard InChI is InChI=1S/C17H19N3O2S/c1-2-6-13(14-7-4-10-21-14)20(9-3-1)12-16-18-17(19-22-16)15-8-5-11-23-15/h4-5,7-8,10-11,13H,1-3,6,9,12H2. The highest BCUT2D eigenvalue weighted by molar-refractivity contribution is 7.13. The third kappa shape index (κ3) is 3.23. The van der Waals surface area contributed by atoms with Crippen LogP contribution >= 0.6 is 11.3 Å². The van der Waals surface area contributed by atoms with Gasteiger partial charge in [0.2, 0.25) is 11.7 Å². The largest absolute Gasteiger partial charge is 0.468 e. The van der Waals surface area contributed by atoms with Gasteiger partial charge in [-0.05, 0) is 43.0 Å². The van der Waals surface area contributed by atoms with E-state index in [1.54, 1.807) is 17.6 Å². The Bertz CT molecular complexity index is 721. The molecule has 1 saturated heterocycles. The maximum absolute atomic E-state index is 5.65. The van der Waals surface area contributed by atoms with Gasteiger partial charge in [0.1, 0.15) is 5.76 Å². The van der Waals surface area contributed by atoms with Crippen molar-refractivity contribution in [1.29, 1.82) is 0 Å². The summed E-state index contributed by atoms with van der Waals surface area (Å²) in [5.74, 6) is 2.39. The molecule has 0 radical (unpaired) electrons. The van der Waals surface area contributed by atoms with E-state index in [1.165, 1.54) is 19.3 Å². The normalized spacial score (nSPS) is 19.7. The molecule has 1 fully saturated rings. The zero-order valence-corrected chi connectivity index (χ0v) is 13.7. The van der Waals surface area contributed by atoms with Crippen LogP contribution in [0, 0.1) is 0 Å². The lowest BCUT2D eigenvalue weighted by Crippen LogP contribution is -2.28. The van der Waals surface area contributed by atoms with Crippen LogP contribution in [0.1, 0.15) is 43.4 Å². The van der Waals surface area contributed by atoms with Crippen molar-refractivity contribution in [3.05, 3.63) is 47.6 Å². The van der Waals surface area contributed by atoms with Crippen molar-refractivity contribution < 1.29 is 8.94 Å². The van der Waals surface area contributed by atoms with Gasteiger partial charge in [-0.25, -0.2) is 0 Å². The maximum atomic E-state index is 5.65. The number of thiophene rings is 1. The lowest BCUT2D eigenvalue weighted by atomic mass is 10.1. The molecule has 4 rings (SSSR count). The monoisotopic (exact) mass is 329 g/mol. The first-order valence-corrected chi connectivity index (χ1v) is 8.92. The summed E-state index contributed by atoms with van der Waals surface area (Å²) < 4.78 is 11.1. The molecule has 0 aliphatic carbocycles. The summed E-state index contributed by atoms with van der Waals surface area (Å²) >= 11 is 1.62. The van der Waals surface area contributed by atoms with Crippen LogP contribution in [0.15, 0.2) is 44.8 Å². The Hall–Kier alpha value is -1.92. The van der Waals surface area contributed by atoms with Crippen molar-refractivity contribution in [2.24, 2.45) is 0 Å². The summed E-state index contributed by atoms with van der Waals surface area (Å²) in [6, 6.07) is 8.33. The van der Waals surface area contributed by atoms with Crippen molar-refractivity contribution >= 4 is 11.3 Å². The first kappa shape index (κ1) is 14.7. The molecule has 0 bridgehead atoms. The van der Waals surface area contributed by atoms with E-state index in [4.69, 9.17) is 8.94 Å². The van der Waals surface area contributed by atoms with E-state index in [0.29, 0.717) is 24.3 Å². The van der Waals surface area contributed by atoms with Crippen LogP contribution < -0.4 is 0 Å². The molecular weight excluding hydrogens is 310 g/mol. The Morgan fingerprint density at radius 2 is 2.22 bits per heavy atom. The Kier molecular flexibility index (Phi) is 4.26. The minimum atomic E-state index is 0.296. The molecule has 1 aliphatic heterocycles. The van der Waals surface area contributed by atoms with Gasteiger partial charge in [0, 0.05) is 0 Å². The van der Waals surface area contributed by atoms with Crippen molar-refractivity contribution in [1.82, 2.24) is 15.0 Å². The van der Waals surface area contributed by atoms with Crippen LogP contribution in [0.4, 0.5) is 0 Å². The van der Waals surface area contributed by atoms with Gasteiger partial charge in [0.25, 0.3) is 0 Å². The minimum absolute atomic E-state index is 0.296. The Morgan fingerprint density at radius 3 is 3.04 bits per heavy atom. The fraction of sp³-hybridized carbons (Fsp3) is 0.412. The summed E-state index contributed by atoms with van der Waals surface area (Å²) in [5, 5.41) is 6.13. The fourth-order valence-corrected chi connectivity index (χ4v) is 3.81. The highest BCUT2D eigenvalue weighted by atomic mass is 32.1. The summed E-state index contributed by atoms with van der Waals surface area (Å²) in [4.78, 5) is 7.99. The molecule has 1 aliphatic rings. The molecule has 3 aromatic heterocycles. The zero-order valence-electron chi connectivity index (χ0n) is 12.9. The fourth-order valence-electron chi connectivity index (χ4n) is 3.16. The van der Waals surface area contributed by atoms with E-state index < -0.39 is 0 Å². The molecule has 4 heterocycles. The second-order valence-corrected chi connectivity index (χ2v) is 6.79. The van der Waals surface area contributed by atoms with E-state index in [1.807, 2.05) is 23.6 Å². The van der Waals surface area contributed by atoms with E-state index in [0.717, 1.165) is 23.6 Å². The van der Waals surface area contributed by atoms with Gasteiger partial charge in [-0.15, -0.1) is 11.3 Å². The predicted octanol–water partition coefficient (Wildman–Crippen LogP) is 4.51. The quantitative estimate of drug-likeness (QED) is 0.705. The van der Waals surface area contributed by atoms with Crippen molar-refractivity contribution in [2.75, 3.05) is 6.54 Å². The zero-order chi connectivity index (χ0) is 15.5. The van der Waals surface area contributed by atoms with Crippen molar-refractivity contribution in [3.63, 3.8) is 0 Å². The Labute approximate surface area is 138 Å². The molecule has 0 amide bonds. The van der Waals surface area contributed by atoms with Gasteiger partial charge >= 0.3 is 0 Å². The third-order valence-electron chi connectivity index (χ3n) is 4.28. The van der Waals surface area contributed by atoms with E-state index in [9.17, 15) is 0 Å². The molecule has 0 aromatic carbocycles. The first-order valence-electron chi connectivity index (χ1n) is 8.04. The maximum Gasteiger partial charge on any atom is 0.241 e. The highest BCUT2D eigenvalue weighted by Crippen LogP contribution is 2.31. The van der Waals surface area contributed by atoms with Crippen molar-refractivity contribution in [2.45, 2.75) is 38.3 Å². The third-order valence-corrected chi connectivity index (χ3v) is 5.15. The van der Waals surface area contributed by atoms with Crippen molar-refractivity contribution in [3.8, 4) is 10.7 Å². The number of likely N-dealkylation sites (tertiary alicyclic amines) is 1. The number of aromatic nitrogens is 2. The molecule has 5 nitrogen and oxygen atoms in total.